The summed E-state index contributed by atoms with van der Waals surface area (Å²) >= 11 is 12.2. The lowest BCUT2D eigenvalue weighted by Gasteiger charge is -2.23. The minimum atomic E-state index is -0.805. The van der Waals surface area contributed by atoms with Gasteiger partial charge in [0.25, 0.3) is 5.91 Å². The number of rotatable bonds is 2. The van der Waals surface area contributed by atoms with E-state index in [1.54, 1.807) is 51.1 Å². The standard InChI is InChI=1S/C22H19Cl2NO5/c1-22(2,3)30-21(28)25-18-11-14(23)5-6-16(18)17(19(25)26)9-12-7-13(20(27)29-4)10-15(24)8-12/h5-11H,1-4H3/b17-9-. The number of benzene rings is 2. The maximum Gasteiger partial charge on any atom is 0.422 e. The number of carbonyl (C=O) groups is 3. The molecule has 1 aliphatic rings. The second-order valence-corrected chi connectivity index (χ2v) is 8.48. The van der Waals surface area contributed by atoms with Crippen LogP contribution in [0.5, 0.6) is 0 Å². The predicted molar refractivity (Wildman–Crippen MR) is 116 cm³/mol. The van der Waals surface area contributed by atoms with Crippen LogP contribution in [0.2, 0.25) is 10.0 Å². The van der Waals surface area contributed by atoms with Crippen molar-refractivity contribution >= 4 is 58.5 Å². The fourth-order valence-electron chi connectivity index (χ4n) is 2.99. The van der Waals surface area contributed by atoms with Crippen LogP contribution >= 0.6 is 23.2 Å². The van der Waals surface area contributed by atoms with Gasteiger partial charge in [0.1, 0.15) is 5.60 Å². The third-order valence-corrected chi connectivity index (χ3v) is 4.61. The van der Waals surface area contributed by atoms with E-state index >= 15 is 0 Å². The Morgan fingerprint density at radius 2 is 1.73 bits per heavy atom. The highest BCUT2D eigenvalue weighted by Crippen LogP contribution is 2.40. The molecule has 0 bridgehead atoms. The van der Waals surface area contributed by atoms with Crippen LogP contribution in [-0.2, 0) is 14.3 Å². The van der Waals surface area contributed by atoms with E-state index in [0.717, 1.165) is 4.90 Å². The summed E-state index contributed by atoms with van der Waals surface area (Å²) < 4.78 is 10.1. The van der Waals surface area contributed by atoms with E-state index in [4.69, 9.17) is 32.7 Å². The molecule has 0 fully saturated rings. The van der Waals surface area contributed by atoms with Gasteiger partial charge in [-0.25, -0.2) is 14.5 Å². The molecule has 30 heavy (non-hydrogen) atoms. The molecule has 0 unspecified atom stereocenters. The van der Waals surface area contributed by atoms with Crippen molar-refractivity contribution in [2.75, 3.05) is 12.0 Å². The minimum Gasteiger partial charge on any atom is -0.465 e. The quantitative estimate of drug-likeness (QED) is 0.442. The van der Waals surface area contributed by atoms with Gasteiger partial charge in [-0.05, 0) is 62.7 Å². The SMILES string of the molecule is COC(=O)c1cc(Cl)cc(/C=C2\C(=O)N(C(=O)OC(C)(C)C)c3cc(Cl)ccc32)c1. The number of imide groups is 1. The maximum atomic E-state index is 13.2. The number of esters is 1. The van der Waals surface area contributed by atoms with Gasteiger partial charge in [-0.3, -0.25) is 4.79 Å². The van der Waals surface area contributed by atoms with Crippen LogP contribution < -0.4 is 4.90 Å². The van der Waals surface area contributed by atoms with Crippen LogP contribution in [0, 0.1) is 0 Å². The maximum absolute atomic E-state index is 13.2. The summed E-state index contributed by atoms with van der Waals surface area (Å²) in [5.41, 5.74) is 1.02. The van der Waals surface area contributed by atoms with Crippen molar-refractivity contribution in [3.05, 3.63) is 63.1 Å². The lowest BCUT2D eigenvalue weighted by atomic mass is 10.0. The molecule has 1 aliphatic heterocycles. The highest BCUT2D eigenvalue weighted by atomic mass is 35.5. The summed E-state index contributed by atoms with van der Waals surface area (Å²) in [4.78, 5) is 38.7. The first-order valence-electron chi connectivity index (χ1n) is 8.98. The van der Waals surface area contributed by atoms with Crippen LogP contribution in [0.25, 0.3) is 11.6 Å². The number of hydrogen-bond donors (Lipinski definition) is 0. The molecule has 0 atom stereocenters. The fraction of sp³-hybridized carbons (Fsp3) is 0.227. The number of halogens is 2. The van der Waals surface area contributed by atoms with Crippen molar-refractivity contribution in [1.82, 2.24) is 0 Å². The van der Waals surface area contributed by atoms with Crippen LogP contribution in [-0.4, -0.2) is 30.7 Å². The van der Waals surface area contributed by atoms with E-state index in [-0.39, 0.29) is 11.1 Å². The molecule has 3 rings (SSSR count). The van der Waals surface area contributed by atoms with Gasteiger partial charge in [0, 0.05) is 15.6 Å². The van der Waals surface area contributed by atoms with Gasteiger partial charge in [-0.1, -0.05) is 29.3 Å². The van der Waals surface area contributed by atoms with Gasteiger partial charge in [0.05, 0.1) is 23.9 Å². The monoisotopic (exact) mass is 447 g/mol. The number of hydrogen-bond acceptors (Lipinski definition) is 5. The van der Waals surface area contributed by atoms with Crippen molar-refractivity contribution in [3.8, 4) is 0 Å². The van der Waals surface area contributed by atoms with Gasteiger partial charge in [0.15, 0.2) is 0 Å². The Balaban J connectivity index is 2.11. The molecular weight excluding hydrogens is 429 g/mol. The molecule has 2 aromatic rings. The van der Waals surface area contributed by atoms with E-state index in [0.29, 0.717) is 26.9 Å². The molecule has 2 aromatic carbocycles. The molecule has 0 aromatic heterocycles. The molecule has 156 valence electrons. The third kappa shape index (κ3) is 4.50. The van der Waals surface area contributed by atoms with E-state index in [1.165, 1.54) is 19.2 Å². The summed E-state index contributed by atoms with van der Waals surface area (Å²) in [6, 6.07) is 9.41. The number of methoxy groups -OCH3 is 1. The topological polar surface area (TPSA) is 72.9 Å². The second-order valence-electron chi connectivity index (χ2n) is 7.61. The Hall–Kier alpha value is -2.83. The predicted octanol–water partition coefficient (Wildman–Crippen LogP) is 5.60. The number of ether oxygens (including phenoxy) is 2. The van der Waals surface area contributed by atoms with Gasteiger partial charge < -0.3 is 9.47 Å². The van der Waals surface area contributed by atoms with E-state index in [2.05, 4.69) is 0 Å². The minimum absolute atomic E-state index is 0.239. The zero-order chi connectivity index (χ0) is 22.2. The lowest BCUT2D eigenvalue weighted by Crippen LogP contribution is -2.38. The lowest BCUT2D eigenvalue weighted by molar-refractivity contribution is -0.112. The van der Waals surface area contributed by atoms with Crippen LogP contribution in [0.3, 0.4) is 0 Å². The highest BCUT2D eigenvalue weighted by molar-refractivity contribution is 6.42. The number of nitrogens with zero attached hydrogens (tertiary/aromatic N) is 1. The van der Waals surface area contributed by atoms with Gasteiger partial charge in [-0.15, -0.1) is 0 Å². The van der Waals surface area contributed by atoms with Crippen LogP contribution in [0.4, 0.5) is 10.5 Å². The third-order valence-electron chi connectivity index (χ3n) is 4.15. The summed E-state index contributed by atoms with van der Waals surface area (Å²) in [6.07, 6.45) is 0.748. The molecule has 1 heterocycles. The summed E-state index contributed by atoms with van der Waals surface area (Å²) in [6.45, 7) is 5.13. The summed E-state index contributed by atoms with van der Waals surface area (Å²) in [5.74, 6) is -1.13. The Morgan fingerprint density at radius 1 is 1.03 bits per heavy atom. The summed E-state index contributed by atoms with van der Waals surface area (Å²) in [5, 5.41) is 0.669. The summed E-state index contributed by atoms with van der Waals surface area (Å²) in [7, 11) is 1.26. The van der Waals surface area contributed by atoms with Crippen molar-refractivity contribution in [2.45, 2.75) is 26.4 Å². The largest absolute Gasteiger partial charge is 0.465 e. The van der Waals surface area contributed by atoms with E-state index in [9.17, 15) is 14.4 Å². The number of amides is 2. The van der Waals surface area contributed by atoms with Crippen molar-refractivity contribution < 1.29 is 23.9 Å². The van der Waals surface area contributed by atoms with Crippen LogP contribution in [0.15, 0.2) is 36.4 Å². The van der Waals surface area contributed by atoms with Gasteiger partial charge in [0.2, 0.25) is 0 Å². The fourth-order valence-corrected chi connectivity index (χ4v) is 3.40. The molecule has 0 aliphatic carbocycles. The second kappa shape index (κ2) is 8.13. The first-order chi connectivity index (χ1) is 14.0. The van der Waals surface area contributed by atoms with E-state index < -0.39 is 23.6 Å². The van der Waals surface area contributed by atoms with Gasteiger partial charge in [-0.2, -0.15) is 0 Å². The Labute approximate surface area is 184 Å². The van der Waals surface area contributed by atoms with Gasteiger partial charge >= 0.3 is 12.1 Å². The molecule has 8 heteroatoms. The zero-order valence-electron chi connectivity index (χ0n) is 16.8. The Morgan fingerprint density at radius 3 is 2.37 bits per heavy atom. The molecular formula is C22H19Cl2NO5. The highest BCUT2D eigenvalue weighted by Gasteiger charge is 2.39. The first-order valence-corrected chi connectivity index (χ1v) is 9.74. The molecule has 0 N–H and O–H groups in total. The first kappa shape index (κ1) is 21.9. The smallest absolute Gasteiger partial charge is 0.422 e. The van der Waals surface area contributed by atoms with Crippen molar-refractivity contribution in [2.24, 2.45) is 0 Å². The molecule has 2 amide bonds. The number of fused-ring (bicyclic) bond motifs is 1. The average molecular weight is 448 g/mol. The normalized spacial score (nSPS) is 14.7. The Bertz CT molecular complexity index is 1090. The molecule has 0 saturated heterocycles. The average Bonchev–Trinajstić information content (AvgIpc) is 2.90. The zero-order valence-corrected chi connectivity index (χ0v) is 18.3. The van der Waals surface area contributed by atoms with Crippen LogP contribution in [0.1, 0.15) is 42.3 Å². The number of carbonyl (C=O) groups excluding carboxylic acids is 3. The molecule has 0 spiro atoms. The molecule has 0 radical (unpaired) electrons. The number of anilines is 1. The molecule has 0 saturated carbocycles. The molecule has 6 nitrogen and oxygen atoms in total. The van der Waals surface area contributed by atoms with Crippen molar-refractivity contribution in [3.63, 3.8) is 0 Å². The van der Waals surface area contributed by atoms with E-state index in [1.807, 2.05) is 0 Å². The van der Waals surface area contributed by atoms with Crippen molar-refractivity contribution in [1.29, 1.82) is 0 Å². The Kier molecular flexibility index (Phi) is 5.92.